The summed E-state index contributed by atoms with van der Waals surface area (Å²) in [4.78, 5) is 43.9. The number of rotatable bonds is 2. The molecule has 4 atom stereocenters. The van der Waals surface area contributed by atoms with E-state index in [1.807, 2.05) is 0 Å². The fourth-order valence-corrected chi connectivity index (χ4v) is 5.21. The minimum absolute atomic E-state index is 0.0340. The van der Waals surface area contributed by atoms with Crippen molar-refractivity contribution in [1.82, 2.24) is 9.88 Å². The maximum Gasteiger partial charge on any atom is 0.255 e. The molecule has 0 unspecified atom stereocenters. The number of fused-ring (bicyclic) bond motifs is 3. The van der Waals surface area contributed by atoms with E-state index in [2.05, 4.69) is 4.98 Å². The Kier molecular flexibility index (Phi) is 4.49. The summed E-state index contributed by atoms with van der Waals surface area (Å²) < 4.78 is 0. The van der Waals surface area contributed by atoms with E-state index in [4.69, 9.17) is 5.73 Å². The van der Waals surface area contributed by atoms with Crippen LogP contribution in [0.2, 0.25) is 0 Å². The highest BCUT2D eigenvalue weighted by Gasteiger charge is 2.63. The summed E-state index contributed by atoms with van der Waals surface area (Å²) in [5.41, 5.74) is 2.34. The Morgan fingerprint density at radius 2 is 1.90 bits per heavy atom. The summed E-state index contributed by atoms with van der Waals surface area (Å²) in [6, 6.07) is -1.00. The molecule has 3 aliphatic rings. The number of amides is 1. The molecule has 10 nitrogen and oxygen atoms in total. The Labute approximate surface area is 177 Å². The van der Waals surface area contributed by atoms with Crippen LogP contribution >= 0.6 is 0 Å². The molecular weight excluding hydrogens is 406 g/mol. The van der Waals surface area contributed by atoms with E-state index in [9.17, 15) is 34.8 Å². The molecule has 0 aliphatic heterocycles. The van der Waals surface area contributed by atoms with E-state index in [-0.39, 0.29) is 35.4 Å². The molecule has 6 N–H and O–H groups in total. The van der Waals surface area contributed by atoms with Crippen LogP contribution in [0, 0.1) is 18.8 Å². The first-order valence-electron chi connectivity index (χ1n) is 9.75. The number of aryl methyl sites for hydroxylation is 1. The van der Waals surface area contributed by atoms with Crippen molar-refractivity contribution in [2.45, 2.75) is 31.4 Å². The molecule has 1 heterocycles. The van der Waals surface area contributed by atoms with Gasteiger partial charge in [-0.15, -0.1) is 0 Å². The minimum Gasteiger partial charge on any atom is -0.510 e. The predicted octanol–water partition coefficient (Wildman–Crippen LogP) is -0.176. The van der Waals surface area contributed by atoms with Gasteiger partial charge in [0.2, 0.25) is 5.78 Å². The highest BCUT2D eigenvalue weighted by molar-refractivity contribution is 6.24. The topological polar surface area (TPSA) is 174 Å². The Morgan fingerprint density at radius 3 is 2.48 bits per heavy atom. The number of nitrogens with two attached hydrogens (primary N) is 1. The lowest BCUT2D eigenvalue weighted by Crippen LogP contribution is -2.63. The van der Waals surface area contributed by atoms with Gasteiger partial charge >= 0.3 is 0 Å². The maximum absolute atomic E-state index is 13.3. The van der Waals surface area contributed by atoms with Crippen LogP contribution in [0.3, 0.4) is 0 Å². The number of primary amides is 1. The van der Waals surface area contributed by atoms with E-state index >= 15 is 0 Å². The number of ketones is 2. The van der Waals surface area contributed by atoms with Crippen LogP contribution in [-0.4, -0.2) is 73.5 Å². The van der Waals surface area contributed by atoms with Gasteiger partial charge in [0.25, 0.3) is 5.91 Å². The summed E-state index contributed by atoms with van der Waals surface area (Å²) in [5, 5.41) is 43.6. The van der Waals surface area contributed by atoms with Gasteiger partial charge in [0.15, 0.2) is 11.4 Å². The van der Waals surface area contributed by atoms with Gasteiger partial charge in [-0.2, -0.15) is 0 Å². The lowest BCUT2D eigenvalue weighted by molar-refractivity contribution is -0.148. The van der Waals surface area contributed by atoms with Crippen molar-refractivity contribution in [2.75, 3.05) is 14.1 Å². The number of likely N-dealkylation sites (N-methyl/N-ethyl adjacent to an activating group) is 1. The van der Waals surface area contributed by atoms with Gasteiger partial charge in [0.05, 0.1) is 17.3 Å². The second-order valence-corrected chi connectivity index (χ2v) is 8.56. The molecule has 3 aliphatic carbocycles. The van der Waals surface area contributed by atoms with E-state index < -0.39 is 58.0 Å². The lowest BCUT2D eigenvalue weighted by atomic mass is 9.58. The second kappa shape index (κ2) is 6.63. The Bertz CT molecular complexity index is 1120. The summed E-state index contributed by atoms with van der Waals surface area (Å²) in [5.74, 6) is -6.63. The molecule has 1 aromatic rings. The van der Waals surface area contributed by atoms with Crippen molar-refractivity contribution in [3.05, 3.63) is 45.7 Å². The van der Waals surface area contributed by atoms with Crippen LogP contribution in [0.25, 0.3) is 0 Å². The number of aliphatic hydroxyl groups excluding tert-OH is 2. The highest BCUT2D eigenvalue weighted by Crippen LogP contribution is 2.52. The van der Waals surface area contributed by atoms with Gasteiger partial charge in [-0.3, -0.25) is 24.3 Å². The number of aromatic nitrogens is 1. The third kappa shape index (κ3) is 2.58. The van der Waals surface area contributed by atoms with Gasteiger partial charge < -0.3 is 26.2 Å². The molecule has 0 radical (unpaired) electrons. The zero-order valence-corrected chi connectivity index (χ0v) is 17.2. The number of hydrogen-bond donors (Lipinski definition) is 5. The molecule has 164 valence electrons. The fraction of sp³-hybridized carbons (Fsp3) is 0.429. The number of Topliss-reactive ketones (excluding diaryl/α,β-unsaturated/α-hetero) is 2. The van der Waals surface area contributed by atoms with Crippen LogP contribution in [0.5, 0.6) is 5.75 Å². The van der Waals surface area contributed by atoms with Crippen LogP contribution in [-0.2, 0) is 16.0 Å². The van der Waals surface area contributed by atoms with E-state index in [1.165, 1.54) is 18.0 Å². The standard InChI is InChI=1S/C21H23N3O7/c1-7-15(25)11-9(6-23-7)4-8-5-10-14(24(2)3)17(27)13(20(22)30)19(29)21(10,31)18(28)12(8)16(11)26/h6,8,10,14,25,27-28,31H,4-5H2,1-3H3,(H2,22,30)/t8-,10-,14-,21-/m0/s1. The molecule has 4 rings (SSSR count). The lowest BCUT2D eigenvalue weighted by Gasteiger charge is -2.50. The van der Waals surface area contributed by atoms with Gasteiger partial charge in [0, 0.05) is 17.7 Å². The van der Waals surface area contributed by atoms with Crippen LogP contribution in [0.15, 0.2) is 28.9 Å². The maximum atomic E-state index is 13.3. The summed E-state index contributed by atoms with van der Waals surface area (Å²) in [6.07, 6.45) is 1.77. The normalized spacial score (nSPS) is 30.3. The molecular formula is C21H23N3O7. The molecule has 1 amide bonds. The third-order valence-corrected chi connectivity index (χ3v) is 6.65. The first-order valence-corrected chi connectivity index (χ1v) is 9.75. The first kappa shape index (κ1) is 21.0. The summed E-state index contributed by atoms with van der Waals surface area (Å²) in [7, 11) is 3.16. The molecule has 0 saturated carbocycles. The van der Waals surface area contributed by atoms with Gasteiger partial charge in [-0.05, 0) is 45.3 Å². The number of hydrogen-bond acceptors (Lipinski definition) is 9. The van der Waals surface area contributed by atoms with Gasteiger partial charge in [-0.1, -0.05) is 0 Å². The summed E-state index contributed by atoms with van der Waals surface area (Å²) >= 11 is 0. The van der Waals surface area contributed by atoms with E-state index in [0.29, 0.717) is 5.56 Å². The van der Waals surface area contributed by atoms with Gasteiger partial charge in [-0.25, -0.2) is 0 Å². The molecule has 1 aromatic heterocycles. The predicted molar refractivity (Wildman–Crippen MR) is 106 cm³/mol. The molecule has 0 bridgehead atoms. The number of carbonyl (C=O) groups excluding carboxylic acids is 3. The smallest absolute Gasteiger partial charge is 0.255 e. The number of allylic oxidation sites excluding steroid dienone is 1. The molecule has 31 heavy (non-hydrogen) atoms. The highest BCUT2D eigenvalue weighted by atomic mass is 16.3. The van der Waals surface area contributed by atoms with Crippen molar-refractivity contribution < 1.29 is 34.8 Å². The van der Waals surface area contributed by atoms with Crippen LogP contribution in [0.4, 0.5) is 0 Å². The molecule has 0 aromatic carbocycles. The fourth-order valence-electron chi connectivity index (χ4n) is 5.21. The largest absolute Gasteiger partial charge is 0.510 e. The zero-order valence-electron chi connectivity index (χ0n) is 17.2. The third-order valence-electron chi connectivity index (χ3n) is 6.65. The molecule has 0 fully saturated rings. The Balaban J connectivity index is 1.97. The molecule has 10 heteroatoms. The number of aromatic hydroxyl groups is 1. The SMILES string of the molecule is Cc1ncc2c(c1O)C(=O)C1=C(O)[C@]3(O)C(=O)C(C(N)=O)=C(O)[C@@H](N(C)C)[C@@H]3C[C@@H]1C2. The first-order chi connectivity index (χ1) is 14.4. The minimum atomic E-state index is -2.62. The summed E-state index contributed by atoms with van der Waals surface area (Å²) in [6.45, 7) is 1.52. The van der Waals surface area contributed by atoms with Crippen molar-refractivity contribution in [1.29, 1.82) is 0 Å². The van der Waals surface area contributed by atoms with E-state index in [1.54, 1.807) is 14.1 Å². The average Bonchev–Trinajstić information content (AvgIpc) is 2.67. The molecule has 0 saturated heterocycles. The quantitative estimate of drug-likeness (QED) is 0.400. The van der Waals surface area contributed by atoms with Crippen molar-refractivity contribution >= 4 is 17.5 Å². The average molecular weight is 429 g/mol. The number of carbonyl (C=O) groups is 3. The number of nitrogens with zero attached hydrogens (tertiary/aromatic N) is 2. The number of aliphatic hydroxyl groups is 3. The van der Waals surface area contributed by atoms with Crippen molar-refractivity contribution in [3.63, 3.8) is 0 Å². The molecule has 0 spiro atoms. The van der Waals surface area contributed by atoms with Crippen LogP contribution in [0.1, 0.15) is 28.0 Å². The number of pyridine rings is 1. The van der Waals surface area contributed by atoms with Crippen molar-refractivity contribution in [2.24, 2.45) is 17.6 Å². The van der Waals surface area contributed by atoms with Gasteiger partial charge in [0.1, 0.15) is 22.8 Å². The zero-order chi connectivity index (χ0) is 23.0. The Morgan fingerprint density at radius 1 is 1.26 bits per heavy atom. The van der Waals surface area contributed by atoms with E-state index in [0.717, 1.165) is 0 Å². The Hall–Kier alpha value is -3.24. The van der Waals surface area contributed by atoms with Crippen molar-refractivity contribution in [3.8, 4) is 5.75 Å². The second-order valence-electron chi connectivity index (χ2n) is 8.56. The van der Waals surface area contributed by atoms with Crippen LogP contribution < -0.4 is 5.73 Å². The monoisotopic (exact) mass is 429 g/mol.